The van der Waals surface area contributed by atoms with Gasteiger partial charge in [0.05, 0.1) is 19.8 Å². The van der Waals surface area contributed by atoms with Crippen LogP contribution in [0.1, 0.15) is 13.2 Å². The highest BCUT2D eigenvalue weighted by atomic mass is 31.2. The Morgan fingerprint density at radius 1 is 1.38 bits per heavy atom. The molecule has 1 saturated heterocycles. The fourth-order valence-corrected chi connectivity index (χ4v) is 3.33. The number of hydrogen-bond acceptors (Lipinski definition) is 9. The molecule has 0 radical (unpaired) electrons. The second-order valence-electron chi connectivity index (χ2n) is 5.32. The minimum absolute atomic E-state index is 0.0625. The second kappa shape index (κ2) is 9.02. The van der Waals surface area contributed by atoms with Crippen LogP contribution in [0.3, 0.4) is 0 Å². The molecule has 1 fully saturated rings. The number of nitrogens with zero attached hydrogens (tertiary/aromatic N) is 1. The molecule has 1 aliphatic rings. The van der Waals surface area contributed by atoms with Gasteiger partial charge in [0.1, 0.15) is 18.3 Å². The summed E-state index contributed by atoms with van der Waals surface area (Å²) in [5.74, 6) is 0. The largest absolute Gasteiger partial charge is 0.472 e. The molecule has 12 nitrogen and oxygen atoms in total. The van der Waals surface area contributed by atoms with Gasteiger partial charge in [-0.15, -0.1) is 0 Å². The van der Waals surface area contributed by atoms with Gasteiger partial charge in [-0.05, 0) is 6.92 Å². The summed E-state index contributed by atoms with van der Waals surface area (Å²) in [5, 5.41) is 19.7. The van der Waals surface area contributed by atoms with Crippen LogP contribution in [0, 0.1) is 0 Å². The molecule has 1 aromatic rings. The van der Waals surface area contributed by atoms with Crippen molar-refractivity contribution in [3.8, 4) is 0 Å². The molecule has 1 aromatic heterocycles. The van der Waals surface area contributed by atoms with Crippen molar-refractivity contribution in [2.24, 2.45) is 0 Å². The summed E-state index contributed by atoms with van der Waals surface area (Å²) in [6.07, 6.45) is -4.50. The SMILES string of the molecule is CCOCCOP(=O)(O)O[C@H]1[C@@H](O)[C@H](n2ccc(=O)[nH]c2=O)O[C@@H]1CO. The summed E-state index contributed by atoms with van der Waals surface area (Å²) in [5.41, 5.74) is -1.51. The minimum atomic E-state index is -4.58. The molecule has 0 bridgehead atoms. The van der Waals surface area contributed by atoms with E-state index in [9.17, 15) is 29.3 Å². The Kier molecular flexibility index (Phi) is 7.26. The number of phosphoric ester groups is 1. The molecule has 2 heterocycles. The van der Waals surface area contributed by atoms with Crippen molar-refractivity contribution in [3.05, 3.63) is 33.1 Å². The third-order valence-electron chi connectivity index (χ3n) is 3.56. The Morgan fingerprint density at radius 3 is 2.73 bits per heavy atom. The summed E-state index contributed by atoms with van der Waals surface area (Å²) in [6, 6.07) is 1.04. The molecule has 1 aliphatic heterocycles. The first-order chi connectivity index (χ1) is 12.3. The number of aromatic amines is 1. The van der Waals surface area contributed by atoms with Gasteiger partial charge in [-0.25, -0.2) is 9.36 Å². The number of ether oxygens (including phenoxy) is 2. The van der Waals surface area contributed by atoms with E-state index in [4.69, 9.17) is 18.5 Å². The highest BCUT2D eigenvalue weighted by Crippen LogP contribution is 2.48. The van der Waals surface area contributed by atoms with Gasteiger partial charge in [-0.2, -0.15) is 0 Å². The average Bonchev–Trinajstić information content (AvgIpc) is 2.87. The van der Waals surface area contributed by atoms with Gasteiger partial charge in [0.2, 0.25) is 0 Å². The first-order valence-electron chi connectivity index (χ1n) is 7.78. The van der Waals surface area contributed by atoms with E-state index < -0.39 is 50.2 Å². The summed E-state index contributed by atoms with van der Waals surface area (Å²) in [7, 11) is -4.58. The number of aromatic nitrogens is 2. The smallest absolute Gasteiger partial charge is 0.394 e. The fourth-order valence-electron chi connectivity index (χ4n) is 2.39. The summed E-state index contributed by atoms with van der Waals surface area (Å²) in [6.45, 7) is 1.32. The zero-order valence-electron chi connectivity index (χ0n) is 13.9. The molecular formula is C13H21N2O10P. The van der Waals surface area contributed by atoms with E-state index in [1.807, 2.05) is 4.98 Å². The third kappa shape index (κ3) is 5.09. The highest BCUT2D eigenvalue weighted by Gasteiger charge is 2.48. The predicted octanol–water partition coefficient (Wildman–Crippen LogP) is -1.67. The summed E-state index contributed by atoms with van der Waals surface area (Å²) in [4.78, 5) is 34.7. The normalized spacial score (nSPS) is 28.2. The zero-order valence-corrected chi connectivity index (χ0v) is 14.8. The van der Waals surface area contributed by atoms with Crippen LogP contribution in [0.5, 0.6) is 0 Å². The average molecular weight is 396 g/mol. The highest BCUT2D eigenvalue weighted by molar-refractivity contribution is 7.47. The lowest BCUT2D eigenvalue weighted by Crippen LogP contribution is -2.38. The molecule has 0 spiro atoms. The molecule has 2 rings (SSSR count). The Morgan fingerprint density at radius 2 is 2.12 bits per heavy atom. The molecule has 1 unspecified atom stereocenters. The van der Waals surface area contributed by atoms with Crippen LogP contribution in [0.2, 0.25) is 0 Å². The Hall–Kier alpha value is -1.37. The molecule has 0 saturated carbocycles. The van der Waals surface area contributed by atoms with Crippen LogP contribution < -0.4 is 11.2 Å². The van der Waals surface area contributed by atoms with Crippen LogP contribution in [0.25, 0.3) is 0 Å². The van der Waals surface area contributed by atoms with Crippen LogP contribution in [0.15, 0.2) is 21.9 Å². The van der Waals surface area contributed by atoms with E-state index in [2.05, 4.69) is 0 Å². The number of H-pyrrole nitrogens is 1. The maximum Gasteiger partial charge on any atom is 0.472 e. The zero-order chi connectivity index (χ0) is 19.3. The van der Waals surface area contributed by atoms with Crippen molar-refractivity contribution in [1.29, 1.82) is 0 Å². The number of nitrogens with one attached hydrogen (secondary N) is 1. The van der Waals surface area contributed by atoms with Crippen LogP contribution in [-0.2, 0) is 23.1 Å². The summed E-state index contributed by atoms with van der Waals surface area (Å²) < 4.78 is 32.8. The van der Waals surface area contributed by atoms with Crippen molar-refractivity contribution >= 4 is 7.82 Å². The standard InChI is InChI=1S/C13H21N2O10P/c1-2-22-5-6-23-26(20,21)25-11-8(7-16)24-12(10(11)18)15-4-3-9(17)14-13(15)19/h3-4,8,10-12,16,18H,2,5-7H2,1H3,(H,20,21)(H,14,17,19)/t8-,10-,11-,12-/m1/s1. The van der Waals surface area contributed by atoms with Crippen molar-refractivity contribution in [2.75, 3.05) is 26.4 Å². The predicted molar refractivity (Wildman–Crippen MR) is 85.5 cm³/mol. The van der Waals surface area contributed by atoms with Gasteiger partial charge in [-0.3, -0.25) is 23.4 Å². The van der Waals surface area contributed by atoms with Crippen LogP contribution in [0.4, 0.5) is 0 Å². The number of phosphoric acid groups is 1. The van der Waals surface area contributed by atoms with Gasteiger partial charge in [0.15, 0.2) is 6.23 Å². The molecular weight excluding hydrogens is 375 g/mol. The Balaban J connectivity index is 2.12. The Bertz CT molecular complexity index is 749. The number of rotatable bonds is 9. The van der Waals surface area contributed by atoms with E-state index in [0.717, 1.165) is 16.8 Å². The molecule has 26 heavy (non-hydrogen) atoms. The maximum absolute atomic E-state index is 12.0. The molecule has 4 N–H and O–H groups in total. The van der Waals surface area contributed by atoms with Gasteiger partial charge < -0.3 is 24.6 Å². The van der Waals surface area contributed by atoms with Crippen LogP contribution in [-0.4, -0.2) is 69.4 Å². The number of aliphatic hydroxyl groups is 2. The topological polar surface area (TPSA) is 170 Å². The second-order valence-corrected chi connectivity index (χ2v) is 6.73. The number of hydrogen-bond donors (Lipinski definition) is 4. The van der Waals surface area contributed by atoms with Gasteiger partial charge >= 0.3 is 13.5 Å². The lowest BCUT2D eigenvalue weighted by molar-refractivity contribution is -0.0551. The van der Waals surface area contributed by atoms with E-state index in [1.165, 1.54) is 0 Å². The van der Waals surface area contributed by atoms with Gasteiger partial charge in [0, 0.05) is 18.9 Å². The van der Waals surface area contributed by atoms with E-state index in [0.29, 0.717) is 6.61 Å². The lowest BCUT2D eigenvalue weighted by atomic mass is 10.1. The number of aliphatic hydroxyl groups excluding tert-OH is 2. The van der Waals surface area contributed by atoms with Gasteiger partial charge in [0.25, 0.3) is 5.56 Å². The minimum Gasteiger partial charge on any atom is -0.394 e. The monoisotopic (exact) mass is 396 g/mol. The van der Waals surface area contributed by atoms with Crippen molar-refractivity contribution < 1.29 is 38.2 Å². The molecule has 13 heteroatoms. The van der Waals surface area contributed by atoms with E-state index in [-0.39, 0.29) is 13.2 Å². The Labute approximate surface area is 147 Å². The van der Waals surface area contributed by atoms with E-state index >= 15 is 0 Å². The molecule has 0 aromatic carbocycles. The lowest BCUT2D eigenvalue weighted by Gasteiger charge is -2.22. The molecule has 0 aliphatic carbocycles. The van der Waals surface area contributed by atoms with E-state index in [1.54, 1.807) is 6.92 Å². The van der Waals surface area contributed by atoms with Crippen molar-refractivity contribution in [2.45, 2.75) is 31.5 Å². The fraction of sp³-hybridized carbons (Fsp3) is 0.692. The first kappa shape index (κ1) is 20.9. The molecule has 0 amide bonds. The van der Waals surface area contributed by atoms with Crippen molar-refractivity contribution in [3.63, 3.8) is 0 Å². The maximum atomic E-state index is 12.0. The van der Waals surface area contributed by atoms with Gasteiger partial charge in [-0.1, -0.05) is 0 Å². The van der Waals surface area contributed by atoms with Crippen molar-refractivity contribution in [1.82, 2.24) is 9.55 Å². The molecule has 5 atom stereocenters. The molecule has 148 valence electrons. The third-order valence-corrected chi connectivity index (χ3v) is 4.57. The summed E-state index contributed by atoms with van der Waals surface area (Å²) >= 11 is 0. The first-order valence-corrected chi connectivity index (χ1v) is 9.28. The van der Waals surface area contributed by atoms with Crippen LogP contribution >= 0.6 is 7.82 Å². The quantitative estimate of drug-likeness (QED) is 0.279.